The van der Waals surface area contributed by atoms with Crippen molar-refractivity contribution >= 4 is 16.1 Å². The molecule has 27 heavy (non-hydrogen) atoms. The molecule has 0 fully saturated rings. The van der Waals surface area contributed by atoms with Crippen LogP contribution in [0.4, 0.5) is 17.6 Å². The lowest BCUT2D eigenvalue weighted by Crippen LogP contribution is -2.36. The van der Waals surface area contributed by atoms with Crippen LogP contribution in [0.2, 0.25) is 0 Å². The molecule has 0 aliphatic rings. The minimum absolute atomic E-state index is 0.190. The molecule has 2 aromatic carbocycles. The predicted molar refractivity (Wildman–Crippen MR) is 86.2 cm³/mol. The highest BCUT2D eigenvalue weighted by Gasteiger charge is 2.49. The van der Waals surface area contributed by atoms with Gasteiger partial charge in [-0.15, -0.1) is 0 Å². The molecule has 10 heteroatoms. The summed E-state index contributed by atoms with van der Waals surface area (Å²) in [4.78, 5) is 12.1. The highest BCUT2D eigenvalue weighted by Crippen LogP contribution is 2.27. The average molecular weight is 406 g/mol. The van der Waals surface area contributed by atoms with Gasteiger partial charge in [-0.3, -0.25) is 0 Å². The fourth-order valence-corrected chi connectivity index (χ4v) is 2.58. The molecular formula is C17H14F4O5S. The highest BCUT2D eigenvalue weighted by molar-refractivity contribution is 7.87. The molecule has 0 bridgehead atoms. The highest BCUT2D eigenvalue weighted by atomic mass is 32.2. The van der Waals surface area contributed by atoms with Gasteiger partial charge in [0.2, 0.25) is 0 Å². The Labute approximate surface area is 152 Å². The third-order valence-corrected chi connectivity index (χ3v) is 4.40. The number of alkyl halides is 3. The zero-order chi connectivity index (χ0) is 20.1. The minimum atomic E-state index is -6.03. The maximum atomic E-state index is 13.0. The van der Waals surface area contributed by atoms with E-state index in [1.807, 2.05) is 0 Å². The molecule has 0 saturated carbocycles. The second-order valence-electron chi connectivity index (χ2n) is 5.41. The molecule has 0 aliphatic carbocycles. The van der Waals surface area contributed by atoms with E-state index in [1.165, 1.54) is 12.1 Å². The molecule has 2 rings (SSSR count). The lowest BCUT2D eigenvalue weighted by atomic mass is 10.1. The summed E-state index contributed by atoms with van der Waals surface area (Å²) >= 11 is 0. The van der Waals surface area contributed by atoms with Crippen molar-refractivity contribution < 1.29 is 39.7 Å². The van der Waals surface area contributed by atoms with Crippen LogP contribution in [-0.2, 0) is 36.9 Å². The van der Waals surface area contributed by atoms with Crippen molar-refractivity contribution in [2.75, 3.05) is 0 Å². The van der Waals surface area contributed by atoms with Gasteiger partial charge in [-0.2, -0.15) is 21.6 Å². The largest absolute Gasteiger partial charge is 0.523 e. The van der Waals surface area contributed by atoms with Gasteiger partial charge in [0.1, 0.15) is 12.4 Å². The molecule has 5 nitrogen and oxygen atoms in total. The van der Waals surface area contributed by atoms with Gasteiger partial charge in [0.15, 0.2) is 6.10 Å². The van der Waals surface area contributed by atoms with Crippen LogP contribution in [0.25, 0.3) is 0 Å². The quantitative estimate of drug-likeness (QED) is 0.305. The normalized spacial score (nSPS) is 13.2. The Balaban J connectivity index is 2.17. The molecule has 2 aromatic rings. The minimum Gasteiger partial charge on any atom is -0.459 e. The first-order valence-corrected chi connectivity index (χ1v) is 8.94. The smallest absolute Gasteiger partial charge is 0.459 e. The van der Waals surface area contributed by atoms with Gasteiger partial charge in [-0.05, 0) is 23.3 Å². The molecule has 0 radical (unpaired) electrons. The van der Waals surface area contributed by atoms with E-state index in [1.54, 1.807) is 30.3 Å². The number of halogens is 4. The SMILES string of the molecule is O=C(OCc1ccccc1)[C@@H](Cc1ccc(F)cc1)OS(=O)(=O)C(F)(F)F. The van der Waals surface area contributed by atoms with Gasteiger partial charge in [0, 0.05) is 6.42 Å². The van der Waals surface area contributed by atoms with Crippen molar-refractivity contribution in [3.8, 4) is 0 Å². The summed E-state index contributed by atoms with van der Waals surface area (Å²) in [7, 11) is -6.03. The molecule has 0 heterocycles. The molecule has 0 amide bonds. The second-order valence-corrected chi connectivity index (χ2v) is 6.97. The molecule has 0 aliphatic heterocycles. The Morgan fingerprint density at radius 3 is 2.11 bits per heavy atom. The summed E-state index contributed by atoms with van der Waals surface area (Å²) in [6.07, 6.45) is -2.63. The van der Waals surface area contributed by atoms with Crippen LogP contribution >= 0.6 is 0 Å². The Kier molecular flexibility index (Phi) is 6.55. The van der Waals surface area contributed by atoms with Crippen molar-refractivity contribution in [2.45, 2.75) is 24.6 Å². The number of esters is 1. The molecule has 146 valence electrons. The zero-order valence-corrected chi connectivity index (χ0v) is 14.5. The lowest BCUT2D eigenvalue weighted by molar-refractivity contribution is -0.153. The number of rotatable bonds is 7. The Morgan fingerprint density at radius 2 is 1.56 bits per heavy atom. The number of ether oxygens (including phenoxy) is 1. The van der Waals surface area contributed by atoms with Gasteiger partial charge in [0.05, 0.1) is 0 Å². The van der Waals surface area contributed by atoms with E-state index >= 15 is 0 Å². The average Bonchev–Trinajstić information content (AvgIpc) is 2.60. The van der Waals surface area contributed by atoms with E-state index in [0.717, 1.165) is 12.1 Å². The van der Waals surface area contributed by atoms with Crippen LogP contribution in [-0.4, -0.2) is 26.0 Å². The standard InChI is InChI=1S/C17H14F4O5S/c18-14-8-6-12(7-9-14)10-15(26-27(23,24)17(19,20)21)16(22)25-11-13-4-2-1-3-5-13/h1-9,15H,10-11H2/t15-/m1/s1. The Hall–Kier alpha value is -2.46. The Morgan fingerprint density at radius 1 is 0.963 bits per heavy atom. The first-order chi connectivity index (χ1) is 12.6. The third-order valence-electron chi connectivity index (χ3n) is 3.35. The summed E-state index contributed by atoms with van der Waals surface area (Å²) in [5.74, 6) is -1.90. The topological polar surface area (TPSA) is 69.7 Å². The first kappa shape index (κ1) is 20.8. The van der Waals surface area contributed by atoms with E-state index < -0.39 is 39.9 Å². The van der Waals surface area contributed by atoms with Gasteiger partial charge >= 0.3 is 21.6 Å². The summed E-state index contributed by atoms with van der Waals surface area (Å²) in [6.45, 7) is -0.283. The number of carbonyl (C=O) groups excluding carboxylic acids is 1. The Bertz CT molecular complexity index is 864. The predicted octanol–water partition coefficient (Wildman–Crippen LogP) is 3.35. The monoisotopic (exact) mass is 406 g/mol. The van der Waals surface area contributed by atoms with Crippen molar-refractivity contribution in [2.24, 2.45) is 0 Å². The molecule has 0 unspecified atom stereocenters. The van der Waals surface area contributed by atoms with E-state index in [-0.39, 0.29) is 12.2 Å². The van der Waals surface area contributed by atoms with Crippen LogP contribution in [0.15, 0.2) is 54.6 Å². The molecular weight excluding hydrogens is 392 g/mol. The van der Waals surface area contributed by atoms with Crippen LogP contribution in [0, 0.1) is 5.82 Å². The number of carbonyl (C=O) groups is 1. The van der Waals surface area contributed by atoms with Gasteiger partial charge < -0.3 is 4.74 Å². The van der Waals surface area contributed by atoms with Crippen LogP contribution in [0.1, 0.15) is 11.1 Å². The maximum absolute atomic E-state index is 13.0. The molecule has 0 spiro atoms. The van der Waals surface area contributed by atoms with Gasteiger partial charge in [-0.25, -0.2) is 13.4 Å². The van der Waals surface area contributed by atoms with Crippen LogP contribution < -0.4 is 0 Å². The summed E-state index contributed by atoms with van der Waals surface area (Å²) in [5, 5.41) is 0. The molecule has 0 N–H and O–H groups in total. The molecule has 0 saturated heterocycles. The van der Waals surface area contributed by atoms with Crippen molar-refractivity contribution in [1.29, 1.82) is 0 Å². The van der Waals surface area contributed by atoms with Gasteiger partial charge in [0.25, 0.3) is 0 Å². The summed E-state index contributed by atoms with van der Waals surface area (Å²) in [5.41, 5.74) is -4.96. The fraction of sp³-hybridized carbons (Fsp3) is 0.235. The van der Waals surface area contributed by atoms with Crippen molar-refractivity contribution in [1.82, 2.24) is 0 Å². The second kappa shape index (κ2) is 8.49. The van der Waals surface area contributed by atoms with E-state index in [2.05, 4.69) is 4.18 Å². The fourth-order valence-electron chi connectivity index (χ4n) is 2.02. The number of hydrogen-bond acceptors (Lipinski definition) is 5. The van der Waals surface area contributed by atoms with E-state index in [9.17, 15) is 30.8 Å². The first-order valence-electron chi connectivity index (χ1n) is 7.53. The molecule has 1 atom stereocenters. The summed E-state index contributed by atoms with van der Waals surface area (Å²) in [6, 6.07) is 12.6. The lowest BCUT2D eigenvalue weighted by Gasteiger charge is -2.18. The van der Waals surface area contributed by atoms with Crippen molar-refractivity contribution in [3.63, 3.8) is 0 Å². The third kappa shape index (κ3) is 6.04. The van der Waals surface area contributed by atoms with Crippen LogP contribution in [0.5, 0.6) is 0 Å². The van der Waals surface area contributed by atoms with Crippen LogP contribution in [0.3, 0.4) is 0 Å². The maximum Gasteiger partial charge on any atom is 0.523 e. The van der Waals surface area contributed by atoms with E-state index in [0.29, 0.717) is 5.56 Å². The number of benzene rings is 2. The zero-order valence-electron chi connectivity index (χ0n) is 13.6. The van der Waals surface area contributed by atoms with Gasteiger partial charge in [-0.1, -0.05) is 42.5 Å². The molecule has 0 aromatic heterocycles. The summed E-state index contributed by atoms with van der Waals surface area (Å²) < 4.78 is 82.2. The van der Waals surface area contributed by atoms with E-state index in [4.69, 9.17) is 4.74 Å². The number of hydrogen-bond donors (Lipinski definition) is 0. The van der Waals surface area contributed by atoms with Crippen molar-refractivity contribution in [3.05, 3.63) is 71.5 Å².